The molecule has 0 unspecified atom stereocenters. The van der Waals surface area contributed by atoms with Crippen LogP contribution in [0.3, 0.4) is 0 Å². The lowest BCUT2D eigenvalue weighted by molar-refractivity contribution is 0.385. The highest BCUT2D eigenvalue weighted by Crippen LogP contribution is 1.70. The highest BCUT2D eigenvalue weighted by atomic mass is 19.1. The van der Waals surface area contributed by atoms with Gasteiger partial charge in [-0.05, 0) is 0 Å². The molecular weight excluding hydrogens is 115 g/mol. The van der Waals surface area contributed by atoms with Crippen molar-refractivity contribution in [2.75, 3.05) is 7.18 Å². The first kappa shape index (κ1) is 6.94. The van der Waals surface area contributed by atoms with E-state index in [1.165, 1.54) is 12.5 Å². The Labute approximate surface area is 44.7 Å². The number of halogens is 1. The first-order valence-electron chi connectivity index (χ1n) is 1.80. The molecular formula is C4H5FO3. The molecule has 0 N–H and O–H groups in total. The summed E-state index contributed by atoms with van der Waals surface area (Å²) in [6.45, 7) is 0. The Morgan fingerprint density at radius 1 is 1.38 bits per heavy atom. The third kappa shape index (κ3) is 2.17. The van der Waals surface area contributed by atoms with Crippen LogP contribution in [0.5, 0.6) is 0 Å². The zero-order valence-corrected chi connectivity index (χ0v) is 4.26. The maximum atomic E-state index is 9.74. The fraction of sp³-hybridized carbons (Fsp3) is 0.250. The third-order valence-electron chi connectivity index (χ3n) is 0.384. The van der Waals surface area contributed by atoms with E-state index in [1.807, 2.05) is 0 Å². The van der Waals surface area contributed by atoms with Crippen molar-refractivity contribution in [3.63, 3.8) is 0 Å². The molecule has 0 saturated heterocycles. The van der Waals surface area contributed by atoms with E-state index in [0.29, 0.717) is 7.18 Å². The normalized spacial score (nSPS) is 7.25. The first-order valence-corrected chi connectivity index (χ1v) is 1.80. The molecule has 0 aliphatic rings. The van der Waals surface area contributed by atoms with E-state index in [0.717, 1.165) is 0 Å². The van der Waals surface area contributed by atoms with Crippen LogP contribution >= 0.6 is 0 Å². The molecule has 1 rings (SSSR count). The van der Waals surface area contributed by atoms with Crippen molar-refractivity contribution >= 4 is 0 Å². The zero-order valence-electron chi connectivity index (χ0n) is 4.26. The van der Waals surface area contributed by atoms with E-state index in [-0.39, 0.29) is 0 Å². The van der Waals surface area contributed by atoms with Gasteiger partial charge in [0.05, 0.1) is 7.18 Å². The van der Waals surface area contributed by atoms with Gasteiger partial charge in [-0.2, -0.15) is 0 Å². The van der Waals surface area contributed by atoms with Gasteiger partial charge in [-0.3, -0.25) is 4.39 Å². The Kier molecular flexibility index (Phi) is 3.56. The van der Waals surface area contributed by atoms with Crippen molar-refractivity contribution in [1.29, 1.82) is 0 Å². The molecule has 1 aromatic rings. The minimum Gasteiger partial charge on any atom is -0.399 e. The van der Waals surface area contributed by atoms with Gasteiger partial charge in [-0.25, -0.2) is 4.79 Å². The standard InChI is InChI=1S/C3H2O3.CH3F/c4-3-5-1-2-6-3;1-2/h1-2H;1H3. The van der Waals surface area contributed by atoms with E-state index >= 15 is 0 Å². The van der Waals surface area contributed by atoms with Crippen LogP contribution in [-0.2, 0) is 0 Å². The van der Waals surface area contributed by atoms with E-state index in [2.05, 4.69) is 8.83 Å². The van der Waals surface area contributed by atoms with Crippen molar-refractivity contribution in [3.8, 4) is 0 Å². The molecule has 4 heteroatoms. The second kappa shape index (κ2) is 4.11. The Morgan fingerprint density at radius 3 is 1.88 bits per heavy atom. The van der Waals surface area contributed by atoms with E-state index in [9.17, 15) is 9.18 Å². The molecule has 0 spiro atoms. The molecule has 0 radical (unpaired) electrons. The molecule has 3 nitrogen and oxygen atoms in total. The monoisotopic (exact) mass is 120 g/mol. The smallest absolute Gasteiger partial charge is 0.399 e. The van der Waals surface area contributed by atoms with Crippen molar-refractivity contribution in [2.45, 2.75) is 0 Å². The maximum absolute atomic E-state index is 9.74. The predicted octanol–water partition coefficient (Wildman–Crippen LogP) is 0.819. The van der Waals surface area contributed by atoms with E-state index in [1.54, 1.807) is 0 Å². The summed E-state index contributed by atoms with van der Waals surface area (Å²) in [6, 6.07) is 0. The van der Waals surface area contributed by atoms with E-state index in [4.69, 9.17) is 0 Å². The topological polar surface area (TPSA) is 43.4 Å². The zero-order chi connectivity index (χ0) is 6.41. The van der Waals surface area contributed by atoms with Crippen molar-refractivity contribution < 1.29 is 13.2 Å². The number of alkyl halides is 1. The van der Waals surface area contributed by atoms with Crippen LogP contribution in [0.2, 0.25) is 0 Å². The van der Waals surface area contributed by atoms with Gasteiger partial charge in [-0.15, -0.1) is 0 Å². The molecule has 0 amide bonds. The van der Waals surface area contributed by atoms with Gasteiger partial charge in [0.2, 0.25) is 0 Å². The van der Waals surface area contributed by atoms with Crippen LogP contribution in [0.15, 0.2) is 26.2 Å². The van der Waals surface area contributed by atoms with Crippen molar-refractivity contribution in [2.24, 2.45) is 0 Å². The lowest BCUT2D eigenvalue weighted by Crippen LogP contribution is -1.83. The Balaban J connectivity index is 0.000000222. The summed E-state index contributed by atoms with van der Waals surface area (Å²) < 4.78 is 17.7. The summed E-state index contributed by atoms with van der Waals surface area (Å²) in [4.78, 5) is 9.74. The third-order valence-corrected chi connectivity index (χ3v) is 0.384. The Bertz CT molecular complexity index is 149. The quantitative estimate of drug-likeness (QED) is 0.509. The fourth-order valence-electron chi connectivity index (χ4n) is 0.194. The summed E-state index contributed by atoms with van der Waals surface area (Å²) in [5.41, 5.74) is 0. The highest BCUT2D eigenvalue weighted by Gasteiger charge is 1.77. The van der Waals surface area contributed by atoms with Crippen LogP contribution in [0.4, 0.5) is 4.39 Å². The van der Waals surface area contributed by atoms with Gasteiger partial charge in [-0.1, -0.05) is 0 Å². The first-order chi connectivity index (χ1) is 3.89. The molecule has 0 fully saturated rings. The minimum atomic E-state index is -0.657. The largest absolute Gasteiger partial charge is 0.518 e. The highest BCUT2D eigenvalue weighted by molar-refractivity contribution is 4.49. The summed E-state index contributed by atoms with van der Waals surface area (Å²) in [6.07, 6.45) is 2.37. The summed E-state index contributed by atoms with van der Waals surface area (Å²) >= 11 is 0. The minimum absolute atomic E-state index is 0.500. The molecule has 0 aliphatic carbocycles. The number of hydrogen-bond donors (Lipinski definition) is 0. The average molecular weight is 120 g/mol. The SMILES string of the molecule is CF.O=c1occo1. The molecule has 0 aliphatic heterocycles. The second-order valence-electron chi connectivity index (χ2n) is 0.758. The molecule has 0 bridgehead atoms. The molecule has 1 heterocycles. The van der Waals surface area contributed by atoms with Gasteiger partial charge in [0, 0.05) is 0 Å². The van der Waals surface area contributed by atoms with Gasteiger partial charge in [0.25, 0.3) is 0 Å². The lowest BCUT2D eigenvalue weighted by Gasteiger charge is -1.49. The predicted molar refractivity (Wildman–Crippen MR) is 24.3 cm³/mol. The summed E-state index contributed by atoms with van der Waals surface area (Å²) in [5, 5.41) is 0. The van der Waals surface area contributed by atoms with Gasteiger partial charge >= 0.3 is 5.82 Å². The Morgan fingerprint density at radius 2 is 1.75 bits per heavy atom. The average Bonchev–Trinajstić information content (AvgIpc) is 2.24. The fourth-order valence-corrected chi connectivity index (χ4v) is 0.194. The van der Waals surface area contributed by atoms with Crippen LogP contribution in [0.1, 0.15) is 0 Å². The molecule has 8 heavy (non-hydrogen) atoms. The number of hydrogen-bond acceptors (Lipinski definition) is 3. The van der Waals surface area contributed by atoms with Crippen LogP contribution in [0, 0.1) is 0 Å². The van der Waals surface area contributed by atoms with Crippen molar-refractivity contribution in [1.82, 2.24) is 0 Å². The van der Waals surface area contributed by atoms with Gasteiger partial charge < -0.3 is 8.83 Å². The van der Waals surface area contributed by atoms with Crippen molar-refractivity contribution in [3.05, 3.63) is 23.1 Å². The molecule has 0 atom stereocenters. The molecule has 46 valence electrons. The molecule has 1 aromatic heterocycles. The lowest BCUT2D eigenvalue weighted by atomic mass is 11.1. The van der Waals surface area contributed by atoms with Crippen LogP contribution in [0.25, 0.3) is 0 Å². The molecule has 0 saturated carbocycles. The molecule has 0 aromatic carbocycles. The van der Waals surface area contributed by atoms with E-state index < -0.39 is 5.82 Å². The summed E-state index contributed by atoms with van der Waals surface area (Å²) in [7, 11) is 0.500. The van der Waals surface area contributed by atoms with Gasteiger partial charge in [0.1, 0.15) is 12.5 Å². The van der Waals surface area contributed by atoms with Gasteiger partial charge in [0.15, 0.2) is 0 Å². The van der Waals surface area contributed by atoms with Crippen LogP contribution in [-0.4, -0.2) is 7.18 Å². The van der Waals surface area contributed by atoms with Crippen LogP contribution < -0.4 is 5.82 Å². The summed E-state index contributed by atoms with van der Waals surface area (Å²) in [5.74, 6) is -0.657. The second-order valence-corrected chi connectivity index (χ2v) is 0.758. The number of rotatable bonds is 0. The maximum Gasteiger partial charge on any atom is 0.518 e. The Hall–Kier alpha value is -1.06.